The lowest BCUT2D eigenvalue weighted by atomic mass is 10.1. The number of nitrogens with zero attached hydrogens (tertiary/aromatic N) is 1. The lowest BCUT2D eigenvalue weighted by molar-refractivity contribution is 0.737. The van der Waals surface area contributed by atoms with Crippen LogP contribution in [0.3, 0.4) is 0 Å². The summed E-state index contributed by atoms with van der Waals surface area (Å²) in [7, 11) is 0. The van der Waals surface area contributed by atoms with Crippen molar-refractivity contribution in [1.82, 2.24) is 4.57 Å². The van der Waals surface area contributed by atoms with Crippen molar-refractivity contribution in [3.8, 4) is 0 Å². The number of aryl methyl sites for hydroxylation is 3. The van der Waals surface area contributed by atoms with Gasteiger partial charge in [-0.3, -0.25) is 4.79 Å². The Morgan fingerprint density at radius 2 is 2.00 bits per heavy atom. The molecule has 20 heavy (non-hydrogen) atoms. The first-order valence-corrected chi connectivity index (χ1v) is 7.91. The average molecular weight is 286 g/mol. The van der Waals surface area contributed by atoms with Gasteiger partial charge in [0.2, 0.25) is 0 Å². The summed E-state index contributed by atoms with van der Waals surface area (Å²) in [4.78, 5) is 13.0. The highest BCUT2D eigenvalue weighted by atomic mass is 32.2. The van der Waals surface area contributed by atoms with Crippen LogP contribution in [-0.2, 0) is 19.4 Å². The molecule has 1 aliphatic rings. The van der Waals surface area contributed by atoms with Crippen LogP contribution in [0.1, 0.15) is 17.5 Å². The van der Waals surface area contributed by atoms with Gasteiger partial charge >= 0.3 is 0 Å². The van der Waals surface area contributed by atoms with Crippen LogP contribution >= 0.6 is 11.8 Å². The molecule has 1 heterocycles. The Hall–Kier alpha value is -1.68. The van der Waals surface area contributed by atoms with E-state index in [1.54, 1.807) is 28.6 Å². The SMILES string of the molecule is Nc1ccc(=O)n(CCSc2ccc3c(c2)CCC3)c1. The van der Waals surface area contributed by atoms with Crippen molar-refractivity contribution in [2.45, 2.75) is 30.7 Å². The van der Waals surface area contributed by atoms with Gasteiger partial charge in [0.25, 0.3) is 5.56 Å². The molecular formula is C16H18N2OS. The quantitative estimate of drug-likeness (QED) is 0.879. The number of fused-ring (bicyclic) bond motifs is 1. The summed E-state index contributed by atoms with van der Waals surface area (Å²) >= 11 is 1.80. The molecule has 0 bridgehead atoms. The van der Waals surface area contributed by atoms with E-state index in [9.17, 15) is 4.79 Å². The largest absolute Gasteiger partial charge is 0.398 e. The van der Waals surface area contributed by atoms with Crippen molar-refractivity contribution in [3.63, 3.8) is 0 Å². The topological polar surface area (TPSA) is 48.0 Å². The van der Waals surface area contributed by atoms with Gasteiger partial charge in [-0.1, -0.05) is 6.07 Å². The molecule has 1 aliphatic carbocycles. The second-order valence-electron chi connectivity index (χ2n) is 5.13. The molecule has 3 rings (SSSR count). The van der Waals surface area contributed by atoms with E-state index >= 15 is 0 Å². The monoisotopic (exact) mass is 286 g/mol. The van der Waals surface area contributed by atoms with E-state index < -0.39 is 0 Å². The fraction of sp³-hybridized carbons (Fsp3) is 0.312. The smallest absolute Gasteiger partial charge is 0.250 e. The maximum atomic E-state index is 11.7. The number of benzene rings is 1. The second kappa shape index (κ2) is 5.75. The Morgan fingerprint density at radius 3 is 2.90 bits per heavy atom. The molecule has 0 atom stereocenters. The number of hydrogen-bond donors (Lipinski definition) is 1. The molecule has 0 radical (unpaired) electrons. The third kappa shape index (κ3) is 2.90. The van der Waals surface area contributed by atoms with Gasteiger partial charge in [0, 0.05) is 35.1 Å². The molecule has 0 aliphatic heterocycles. The minimum atomic E-state index is 0.00810. The van der Waals surface area contributed by atoms with Crippen molar-refractivity contribution in [2.24, 2.45) is 0 Å². The number of anilines is 1. The highest BCUT2D eigenvalue weighted by Crippen LogP contribution is 2.27. The second-order valence-corrected chi connectivity index (χ2v) is 6.29. The van der Waals surface area contributed by atoms with Gasteiger partial charge in [-0.2, -0.15) is 0 Å². The van der Waals surface area contributed by atoms with Gasteiger partial charge < -0.3 is 10.3 Å². The maximum Gasteiger partial charge on any atom is 0.250 e. The fourth-order valence-electron chi connectivity index (χ4n) is 2.62. The Labute approximate surface area is 122 Å². The standard InChI is InChI=1S/C16H18N2OS/c17-14-5-7-16(19)18(11-14)8-9-20-15-6-4-12-2-1-3-13(12)10-15/h4-7,10-11H,1-3,8-9,17H2. The number of thioether (sulfide) groups is 1. The van der Waals surface area contributed by atoms with Crippen LogP contribution in [-0.4, -0.2) is 10.3 Å². The Bertz CT molecular complexity index is 678. The number of hydrogen-bond acceptors (Lipinski definition) is 3. The third-order valence-corrected chi connectivity index (χ3v) is 4.65. The van der Waals surface area contributed by atoms with E-state index in [2.05, 4.69) is 18.2 Å². The van der Waals surface area contributed by atoms with E-state index in [0.717, 1.165) is 5.75 Å². The van der Waals surface area contributed by atoms with E-state index in [4.69, 9.17) is 5.73 Å². The summed E-state index contributed by atoms with van der Waals surface area (Å²) in [6.45, 7) is 0.686. The lowest BCUT2D eigenvalue weighted by Gasteiger charge is -2.07. The fourth-order valence-corrected chi connectivity index (χ4v) is 3.54. The van der Waals surface area contributed by atoms with Gasteiger partial charge in [0.15, 0.2) is 0 Å². The zero-order chi connectivity index (χ0) is 13.9. The molecule has 0 saturated carbocycles. The van der Waals surface area contributed by atoms with Gasteiger partial charge in [0.1, 0.15) is 0 Å². The number of aromatic nitrogens is 1. The Morgan fingerprint density at radius 1 is 1.15 bits per heavy atom. The third-order valence-electron chi connectivity index (χ3n) is 3.68. The highest BCUT2D eigenvalue weighted by Gasteiger charge is 2.10. The number of nitrogens with two attached hydrogens (primary N) is 1. The minimum absolute atomic E-state index is 0.00810. The zero-order valence-electron chi connectivity index (χ0n) is 11.3. The molecule has 0 amide bonds. The summed E-state index contributed by atoms with van der Waals surface area (Å²) in [5.74, 6) is 0.877. The molecule has 1 aromatic carbocycles. The molecule has 0 fully saturated rings. The van der Waals surface area contributed by atoms with E-state index in [0.29, 0.717) is 12.2 Å². The lowest BCUT2D eigenvalue weighted by Crippen LogP contribution is -2.19. The van der Waals surface area contributed by atoms with Gasteiger partial charge in [-0.05, 0) is 48.6 Å². The predicted molar refractivity (Wildman–Crippen MR) is 84.3 cm³/mol. The van der Waals surface area contributed by atoms with Crippen molar-refractivity contribution < 1.29 is 0 Å². The molecule has 0 unspecified atom stereocenters. The minimum Gasteiger partial charge on any atom is -0.398 e. The normalized spacial score (nSPS) is 13.4. The van der Waals surface area contributed by atoms with Crippen LogP contribution < -0.4 is 11.3 Å². The molecule has 1 aromatic heterocycles. The van der Waals surface area contributed by atoms with Crippen LogP contribution in [0, 0.1) is 0 Å². The van der Waals surface area contributed by atoms with Crippen molar-refractivity contribution in [2.75, 3.05) is 11.5 Å². The highest BCUT2D eigenvalue weighted by molar-refractivity contribution is 7.99. The number of nitrogen functional groups attached to an aromatic ring is 1. The molecule has 2 aromatic rings. The summed E-state index contributed by atoms with van der Waals surface area (Å²) < 4.78 is 1.68. The first-order valence-electron chi connectivity index (χ1n) is 6.93. The molecule has 104 valence electrons. The van der Waals surface area contributed by atoms with Crippen molar-refractivity contribution >= 4 is 17.4 Å². The molecular weight excluding hydrogens is 268 g/mol. The number of rotatable bonds is 4. The summed E-state index contributed by atoms with van der Waals surface area (Å²) in [6.07, 6.45) is 5.42. The van der Waals surface area contributed by atoms with E-state index in [1.807, 2.05) is 0 Å². The van der Waals surface area contributed by atoms with Crippen molar-refractivity contribution in [3.05, 3.63) is 58.0 Å². The van der Waals surface area contributed by atoms with Gasteiger partial charge in [0.05, 0.1) is 0 Å². The average Bonchev–Trinajstić information content (AvgIpc) is 2.90. The number of pyridine rings is 1. The zero-order valence-corrected chi connectivity index (χ0v) is 12.2. The first-order chi connectivity index (χ1) is 9.72. The summed E-state index contributed by atoms with van der Waals surface area (Å²) in [5, 5.41) is 0. The molecule has 3 nitrogen and oxygen atoms in total. The Kier molecular flexibility index (Phi) is 3.83. The van der Waals surface area contributed by atoms with Crippen LogP contribution in [0.2, 0.25) is 0 Å². The van der Waals surface area contributed by atoms with Crippen LogP contribution in [0.15, 0.2) is 46.2 Å². The predicted octanol–water partition coefficient (Wildman–Crippen LogP) is 2.71. The first kappa shape index (κ1) is 13.3. The van der Waals surface area contributed by atoms with Gasteiger partial charge in [-0.15, -0.1) is 11.8 Å². The maximum absolute atomic E-state index is 11.7. The Balaban J connectivity index is 1.62. The summed E-state index contributed by atoms with van der Waals surface area (Å²) in [5.41, 5.74) is 9.34. The van der Waals surface area contributed by atoms with E-state index in [-0.39, 0.29) is 5.56 Å². The molecule has 0 spiro atoms. The summed E-state index contributed by atoms with van der Waals surface area (Å²) in [6, 6.07) is 9.91. The van der Waals surface area contributed by atoms with Gasteiger partial charge in [-0.25, -0.2) is 0 Å². The van der Waals surface area contributed by atoms with Crippen LogP contribution in [0.25, 0.3) is 0 Å². The van der Waals surface area contributed by atoms with Crippen LogP contribution in [0.5, 0.6) is 0 Å². The molecule has 2 N–H and O–H groups in total. The molecule has 0 saturated heterocycles. The molecule has 4 heteroatoms. The van der Waals surface area contributed by atoms with Crippen LogP contribution in [0.4, 0.5) is 5.69 Å². The van der Waals surface area contributed by atoms with E-state index in [1.165, 1.54) is 41.4 Å². The van der Waals surface area contributed by atoms with Crippen molar-refractivity contribution in [1.29, 1.82) is 0 Å².